The van der Waals surface area contributed by atoms with Gasteiger partial charge in [-0.2, -0.15) is 13.2 Å². The van der Waals surface area contributed by atoms with Crippen LogP contribution < -0.4 is 9.47 Å². The number of hydrogen-bond acceptors (Lipinski definition) is 5. The van der Waals surface area contributed by atoms with Gasteiger partial charge < -0.3 is 19.1 Å². The highest BCUT2D eigenvalue weighted by Gasteiger charge is 2.32. The predicted molar refractivity (Wildman–Crippen MR) is 137 cm³/mol. The molecule has 0 saturated heterocycles. The summed E-state index contributed by atoms with van der Waals surface area (Å²) in [5, 5.41) is 0.535. The van der Waals surface area contributed by atoms with Crippen LogP contribution in [0.1, 0.15) is 43.6 Å². The molecular weight excluding hydrogens is 523 g/mol. The third kappa shape index (κ3) is 7.19. The van der Waals surface area contributed by atoms with Crippen LogP contribution in [-0.4, -0.2) is 30.6 Å². The molecule has 0 spiro atoms. The van der Waals surface area contributed by atoms with E-state index < -0.39 is 29.9 Å². The number of nitrogens with zero attached hydrogens (tertiary/aromatic N) is 1. The van der Waals surface area contributed by atoms with Crippen LogP contribution in [0.15, 0.2) is 60.7 Å². The smallest absolute Gasteiger partial charge is 0.416 e. The largest absolute Gasteiger partial charge is 0.496 e. The van der Waals surface area contributed by atoms with Crippen LogP contribution in [-0.2, 0) is 22.3 Å². The molecule has 1 unspecified atom stereocenters. The van der Waals surface area contributed by atoms with Gasteiger partial charge in [-0.25, -0.2) is 4.79 Å². The van der Waals surface area contributed by atoms with Gasteiger partial charge in [0.15, 0.2) is 0 Å². The van der Waals surface area contributed by atoms with Crippen molar-refractivity contribution in [1.29, 1.82) is 0 Å². The molecule has 0 aliphatic rings. The Kier molecular flexibility index (Phi) is 9.27. The van der Waals surface area contributed by atoms with Gasteiger partial charge in [-0.05, 0) is 73.0 Å². The standard InChI is InChI=1S/C28H27ClF3NO5/c1-5-33(27(35)37-17(2)19-6-9-22(29)10-7-19)16-20-14-21(28(30,31)32)8-12-24(20)25-15-23(38-18(3)34)11-13-26(25)36-4/h6-15,17H,5,16H2,1-4H3. The number of ether oxygens (including phenoxy) is 3. The van der Waals surface area contributed by atoms with Crippen molar-refractivity contribution in [3.8, 4) is 22.6 Å². The second-order valence-corrected chi connectivity index (χ2v) is 8.85. The Morgan fingerprint density at radius 2 is 1.68 bits per heavy atom. The van der Waals surface area contributed by atoms with Gasteiger partial charge in [-0.3, -0.25) is 4.79 Å². The lowest BCUT2D eigenvalue weighted by Gasteiger charge is -2.25. The van der Waals surface area contributed by atoms with E-state index in [1.54, 1.807) is 44.2 Å². The van der Waals surface area contributed by atoms with Crippen molar-refractivity contribution in [1.82, 2.24) is 4.90 Å². The lowest BCUT2D eigenvalue weighted by atomic mass is 9.95. The fraction of sp³-hybridized carbons (Fsp3) is 0.286. The van der Waals surface area contributed by atoms with Crippen molar-refractivity contribution in [2.24, 2.45) is 0 Å². The summed E-state index contributed by atoms with van der Waals surface area (Å²) in [6.45, 7) is 4.62. The number of rotatable bonds is 8. The van der Waals surface area contributed by atoms with Gasteiger partial charge >= 0.3 is 18.2 Å². The topological polar surface area (TPSA) is 65.1 Å². The molecule has 0 fully saturated rings. The molecule has 38 heavy (non-hydrogen) atoms. The van der Waals surface area contributed by atoms with Crippen LogP contribution in [0.25, 0.3) is 11.1 Å². The fourth-order valence-corrected chi connectivity index (χ4v) is 3.96. The highest BCUT2D eigenvalue weighted by Crippen LogP contribution is 2.39. The van der Waals surface area contributed by atoms with Gasteiger partial charge in [-0.1, -0.05) is 29.8 Å². The summed E-state index contributed by atoms with van der Waals surface area (Å²) in [7, 11) is 1.42. The number of alkyl halides is 3. The molecule has 3 aromatic rings. The maximum atomic E-state index is 13.6. The third-order valence-electron chi connectivity index (χ3n) is 5.77. The van der Waals surface area contributed by atoms with E-state index in [1.165, 1.54) is 37.1 Å². The maximum absolute atomic E-state index is 13.6. The SMILES string of the molecule is CCN(Cc1cc(C(F)(F)F)ccc1-c1cc(OC(C)=O)ccc1OC)C(=O)OC(C)c1ccc(Cl)cc1. The molecule has 3 rings (SSSR count). The minimum Gasteiger partial charge on any atom is -0.496 e. The van der Waals surface area contributed by atoms with E-state index in [9.17, 15) is 22.8 Å². The van der Waals surface area contributed by atoms with E-state index in [2.05, 4.69) is 0 Å². The summed E-state index contributed by atoms with van der Waals surface area (Å²) >= 11 is 5.92. The van der Waals surface area contributed by atoms with E-state index in [0.29, 0.717) is 27.5 Å². The number of hydrogen-bond donors (Lipinski definition) is 0. The molecule has 0 aliphatic carbocycles. The molecule has 0 N–H and O–H groups in total. The number of esters is 1. The average Bonchev–Trinajstić information content (AvgIpc) is 2.86. The summed E-state index contributed by atoms with van der Waals surface area (Å²) in [5.41, 5.74) is 0.821. The Hall–Kier alpha value is -3.72. The quantitative estimate of drug-likeness (QED) is 0.213. The minimum absolute atomic E-state index is 0.173. The summed E-state index contributed by atoms with van der Waals surface area (Å²) in [4.78, 5) is 25.8. The molecule has 0 saturated carbocycles. The van der Waals surface area contributed by atoms with Crippen LogP contribution in [0, 0.1) is 0 Å². The lowest BCUT2D eigenvalue weighted by Crippen LogP contribution is -2.32. The van der Waals surface area contributed by atoms with Crippen molar-refractivity contribution in [2.45, 2.75) is 39.6 Å². The molecule has 202 valence electrons. The summed E-state index contributed by atoms with van der Waals surface area (Å²) < 4.78 is 57.0. The second-order valence-electron chi connectivity index (χ2n) is 8.42. The molecule has 3 aromatic carbocycles. The van der Waals surface area contributed by atoms with Crippen molar-refractivity contribution in [2.75, 3.05) is 13.7 Å². The van der Waals surface area contributed by atoms with E-state index in [-0.39, 0.29) is 24.4 Å². The lowest BCUT2D eigenvalue weighted by molar-refractivity contribution is -0.137. The van der Waals surface area contributed by atoms with Crippen LogP contribution in [0.4, 0.5) is 18.0 Å². The third-order valence-corrected chi connectivity index (χ3v) is 6.03. The van der Waals surface area contributed by atoms with E-state index >= 15 is 0 Å². The van der Waals surface area contributed by atoms with Gasteiger partial charge in [-0.15, -0.1) is 0 Å². The van der Waals surface area contributed by atoms with E-state index in [0.717, 1.165) is 12.1 Å². The number of methoxy groups -OCH3 is 1. The van der Waals surface area contributed by atoms with Crippen LogP contribution in [0.2, 0.25) is 5.02 Å². The zero-order valence-corrected chi connectivity index (χ0v) is 22.0. The maximum Gasteiger partial charge on any atom is 0.416 e. The van der Waals surface area contributed by atoms with Crippen molar-refractivity contribution in [3.63, 3.8) is 0 Å². The molecular formula is C28H27ClF3NO5. The van der Waals surface area contributed by atoms with E-state index in [1.807, 2.05) is 0 Å². The first-order valence-corrected chi connectivity index (χ1v) is 12.1. The number of halogens is 4. The highest BCUT2D eigenvalue weighted by atomic mass is 35.5. The number of carbonyl (C=O) groups excluding carboxylic acids is 2. The Morgan fingerprint density at radius 3 is 2.26 bits per heavy atom. The van der Waals surface area contributed by atoms with Crippen LogP contribution >= 0.6 is 11.6 Å². The van der Waals surface area contributed by atoms with Gasteiger partial charge in [0.2, 0.25) is 0 Å². The van der Waals surface area contributed by atoms with Gasteiger partial charge in [0.1, 0.15) is 17.6 Å². The Labute approximate surface area is 223 Å². The zero-order valence-electron chi connectivity index (χ0n) is 21.3. The Bertz CT molecular complexity index is 1290. The summed E-state index contributed by atoms with van der Waals surface area (Å²) in [6.07, 6.45) is -5.91. The van der Waals surface area contributed by atoms with Gasteiger partial charge in [0.25, 0.3) is 0 Å². The highest BCUT2D eigenvalue weighted by molar-refractivity contribution is 6.30. The van der Waals surface area contributed by atoms with E-state index in [4.69, 9.17) is 25.8 Å². The second kappa shape index (κ2) is 12.2. The molecule has 0 radical (unpaired) electrons. The molecule has 1 amide bonds. The van der Waals surface area contributed by atoms with Crippen molar-refractivity contribution in [3.05, 3.63) is 82.4 Å². The summed E-state index contributed by atoms with van der Waals surface area (Å²) in [5.74, 6) is -0.00457. The number of carbonyl (C=O) groups is 2. The molecule has 10 heteroatoms. The first kappa shape index (κ1) is 28.8. The average molecular weight is 550 g/mol. The summed E-state index contributed by atoms with van der Waals surface area (Å²) in [6, 6.07) is 14.6. The first-order chi connectivity index (χ1) is 17.9. The van der Waals surface area contributed by atoms with Crippen LogP contribution in [0.3, 0.4) is 0 Å². The van der Waals surface area contributed by atoms with Crippen molar-refractivity contribution < 1.29 is 37.0 Å². The number of amides is 1. The molecule has 0 aliphatic heterocycles. The Balaban J connectivity index is 2.00. The minimum atomic E-state index is -4.60. The normalized spacial score (nSPS) is 12.0. The number of benzene rings is 3. The van der Waals surface area contributed by atoms with Gasteiger partial charge in [0.05, 0.1) is 12.7 Å². The van der Waals surface area contributed by atoms with Gasteiger partial charge in [0, 0.05) is 30.6 Å². The molecule has 0 aromatic heterocycles. The zero-order chi connectivity index (χ0) is 28.0. The first-order valence-electron chi connectivity index (χ1n) is 11.7. The fourth-order valence-electron chi connectivity index (χ4n) is 3.83. The molecule has 0 bridgehead atoms. The van der Waals surface area contributed by atoms with Crippen molar-refractivity contribution >= 4 is 23.7 Å². The Morgan fingerprint density at radius 1 is 1.00 bits per heavy atom. The molecule has 0 heterocycles. The monoisotopic (exact) mass is 549 g/mol. The van der Waals surface area contributed by atoms with Crippen LogP contribution in [0.5, 0.6) is 11.5 Å². The predicted octanol–water partition coefficient (Wildman–Crippen LogP) is 7.68. The molecule has 1 atom stereocenters. The molecule has 6 nitrogen and oxygen atoms in total.